The van der Waals surface area contributed by atoms with Gasteiger partial charge in [0.1, 0.15) is 0 Å². The van der Waals surface area contributed by atoms with Crippen molar-refractivity contribution >= 4 is 11.8 Å². The van der Waals surface area contributed by atoms with Gasteiger partial charge in [0, 0.05) is 25.7 Å². The SMILES string of the molecule is O=C(CN1CC[C@]2(CCCN(CC3CCCCC3)C2=O)C1)NC1CC1. The molecule has 0 radical (unpaired) electrons. The summed E-state index contributed by atoms with van der Waals surface area (Å²) in [4.78, 5) is 29.7. The van der Waals surface area contributed by atoms with Gasteiger partial charge < -0.3 is 10.2 Å². The van der Waals surface area contributed by atoms with Crippen LogP contribution < -0.4 is 5.32 Å². The van der Waals surface area contributed by atoms with Crippen molar-refractivity contribution in [2.75, 3.05) is 32.7 Å². The van der Waals surface area contributed by atoms with Crippen molar-refractivity contribution in [1.82, 2.24) is 15.1 Å². The molecule has 0 bridgehead atoms. The molecule has 1 N–H and O–H groups in total. The average Bonchev–Trinajstić information content (AvgIpc) is 3.33. The summed E-state index contributed by atoms with van der Waals surface area (Å²) in [5, 5.41) is 3.07. The van der Waals surface area contributed by atoms with Crippen LogP contribution in [0.5, 0.6) is 0 Å². The largest absolute Gasteiger partial charge is 0.352 e. The van der Waals surface area contributed by atoms with Crippen LogP contribution in [0.25, 0.3) is 0 Å². The summed E-state index contributed by atoms with van der Waals surface area (Å²) in [6.07, 6.45) is 12.0. The molecule has 4 aliphatic rings. The first kappa shape index (κ1) is 17.3. The zero-order valence-electron chi connectivity index (χ0n) is 15.5. The molecule has 4 rings (SSSR count). The number of rotatable bonds is 5. The summed E-state index contributed by atoms with van der Waals surface area (Å²) in [5.74, 6) is 1.24. The van der Waals surface area contributed by atoms with Crippen LogP contribution >= 0.6 is 0 Å². The highest BCUT2D eigenvalue weighted by atomic mass is 16.2. The molecule has 2 heterocycles. The number of nitrogens with one attached hydrogen (secondary N) is 1. The molecule has 2 amide bonds. The normalized spacial score (nSPS) is 31.7. The summed E-state index contributed by atoms with van der Waals surface area (Å²) in [6.45, 7) is 4.06. The monoisotopic (exact) mass is 347 g/mol. The summed E-state index contributed by atoms with van der Waals surface area (Å²) in [5.41, 5.74) is -0.202. The minimum absolute atomic E-state index is 0.141. The van der Waals surface area contributed by atoms with Crippen molar-refractivity contribution in [2.45, 2.75) is 70.3 Å². The van der Waals surface area contributed by atoms with Gasteiger partial charge in [-0.15, -0.1) is 0 Å². The average molecular weight is 348 g/mol. The number of hydrogen-bond acceptors (Lipinski definition) is 3. The van der Waals surface area contributed by atoms with Crippen LogP contribution in [0, 0.1) is 11.3 Å². The molecule has 4 fully saturated rings. The van der Waals surface area contributed by atoms with Gasteiger partial charge in [-0.05, 0) is 57.4 Å². The Kier molecular flexibility index (Phi) is 5.03. The number of carbonyl (C=O) groups is 2. The van der Waals surface area contributed by atoms with Gasteiger partial charge in [0.05, 0.1) is 12.0 Å². The summed E-state index contributed by atoms with van der Waals surface area (Å²) < 4.78 is 0. The fourth-order valence-corrected chi connectivity index (χ4v) is 5.18. The van der Waals surface area contributed by atoms with Gasteiger partial charge in [-0.2, -0.15) is 0 Å². The molecule has 2 aliphatic carbocycles. The fraction of sp³-hybridized carbons (Fsp3) is 0.900. The Hall–Kier alpha value is -1.10. The first-order valence-electron chi connectivity index (χ1n) is 10.5. The smallest absolute Gasteiger partial charge is 0.234 e. The molecule has 5 nitrogen and oxygen atoms in total. The Morgan fingerprint density at radius 2 is 1.84 bits per heavy atom. The second-order valence-corrected chi connectivity index (χ2v) is 8.94. The third kappa shape index (κ3) is 4.02. The number of carbonyl (C=O) groups excluding carboxylic acids is 2. The first-order chi connectivity index (χ1) is 12.1. The van der Waals surface area contributed by atoms with E-state index < -0.39 is 0 Å². The Morgan fingerprint density at radius 1 is 1.04 bits per heavy atom. The minimum atomic E-state index is -0.202. The minimum Gasteiger partial charge on any atom is -0.352 e. The number of amides is 2. The lowest BCUT2D eigenvalue weighted by Crippen LogP contribution is -2.51. The van der Waals surface area contributed by atoms with Crippen molar-refractivity contribution in [2.24, 2.45) is 11.3 Å². The van der Waals surface area contributed by atoms with E-state index in [1.165, 1.54) is 32.1 Å². The van der Waals surface area contributed by atoms with E-state index in [-0.39, 0.29) is 11.3 Å². The van der Waals surface area contributed by atoms with Crippen LogP contribution in [-0.2, 0) is 9.59 Å². The molecule has 1 atom stereocenters. The Bertz CT molecular complexity index is 513. The van der Waals surface area contributed by atoms with Crippen LogP contribution in [0.4, 0.5) is 0 Å². The van der Waals surface area contributed by atoms with Crippen molar-refractivity contribution in [3.05, 3.63) is 0 Å². The Labute approximate surface area is 151 Å². The number of hydrogen-bond donors (Lipinski definition) is 1. The van der Waals surface area contributed by atoms with Gasteiger partial charge in [0.2, 0.25) is 11.8 Å². The van der Waals surface area contributed by atoms with E-state index in [0.717, 1.165) is 64.2 Å². The summed E-state index contributed by atoms with van der Waals surface area (Å²) in [7, 11) is 0. The van der Waals surface area contributed by atoms with Crippen molar-refractivity contribution < 1.29 is 9.59 Å². The summed E-state index contributed by atoms with van der Waals surface area (Å²) in [6, 6.07) is 0.423. The van der Waals surface area contributed by atoms with Gasteiger partial charge >= 0.3 is 0 Å². The lowest BCUT2D eigenvalue weighted by molar-refractivity contribution is -0.146. The predicted molar refractivity (Wildman–Crippen MR) is 97.0 cm³/mol. The predicted octanol–water partition coefficient (Wildman–Crippen LogP) is 2.16. The molecule has 0 aromatic rings. The highest BCUT2D eigenvalue weighted by molar-refractivity contribution is 5.84. The van der Waals surface area contributed by atoms with E-state index in [0.29, 0.717) is 18.5 Å². The van der Waals surface area contributed by atoms with E-state index in [2.05, 4.69) is 15.1 Å². The third-order valence-corrected chi connectivity index (χ3v) is 6.77. The van der Waals surface area contributed by atoms with Crippen LogP contribution in [0.15, 0.2) is 0 Å². The van der Waals surface area contributed by atoms with Crippen LogP contribution in [0.1, 0.15) is 64.2 Å². The zero-order chi connectivity index (χ0) is 17.3. The maximum atomic E-state index is 13.2. The van der Waals surface area contributed by atoms with Crippen LogP contribution in [0.3, 0.4) is 0 Å². The zero-order valence-corrected chi connectivity index (χ0v) is 15.5. The second-order valence-electron chi connectivity index (χ2n) is 8.94. The molecular weight excluding hydrogens is 314 g/mol. The maximum absolute atomic E-state index is 13.2. The molecule has 1 spiro atoms. The van der Waals surface area contributed by atoms with Gasteiger partial charge in [-0.3, -0.25) is 14.5 Å². The van der Waals surface area contributed by atoms with Crippen molar-refractivity contribution in [1.29, 1.82) is 0 Å². The lowest BCUT2D eigenvalue weighted by Gasteiger charge is -2.41. The molecule has 0 unspecified atom stereocenters. The second kappa shape index (κ2) is 7.26. The van der Waals surface area contributed by atoms with Gasteiger partial charge in [0.15, 0.2) is 0 Å². The highest BCUT2D eigenvalue weighted by Crippen LogP contribution is 2.40. The summed E-state index contributed by atoms with van der Waals surface area (Å²) >= 11 is 0. The first-order valence-corrected chi connectivity index (χ1v) is 10.5. The van der Waals surface area contributed by atoms with E-state index in [1.807, 2.05) is 0 Å². The van der Waals surface area contributed by atoms with E-state index >= 15 is 0 Å². The highest BCUT2D eigenvalue weighted by Gasteiger charge is 2.48. The standard InChI is InChI=1S/C20H33N3O2/c24-18(21-17-7-8-17)14-22-12-10-20(15-22)9-4-11-23(19(20)25)13-16-5-2-1-3-6-16/h16-17H,1-15H2,(H,21,24)/t20-/m1/s1. The molecule has 2 saturated carbocycles. The Balaban J connectivity index is 1.32. The fourth-order valence-electron chi connectivity index (χ4n) is 5.18. The third-order valence-electron chi connectivity index (χ3n) is 6.77. The molecule has 2 aliphatic heterocycles. The van der Waals surface area contributed by atoms with Crippen molar-refractivity contribution in [3.63, 3.8) is 0 Å². The molecular formula is C20H33N3O2. The molecule has 0 aromatic heterocycles. The van der Waals surface area contributed by atoms with E-state index in [1.54, 1.807) is 0 Å². The van der Waals surface area contributed by atoms with E-state index in [4.69, 9.17) is 0 Å². The molecule has 0 aromatic carbocycles. The number of likely N-dealkylation sites (tertiary alicyclic amines) is 2. The van der Waals surface area contributed by atoms with Gasteiger partial charge in [-0.1, -0.05) is 19.3 Å². The molecule has 2 saturated heterocycles. The van der Waals surface area contributed by atoms with Crippen LogP contribution in [-0.4, -0.2) is 60.4 Å². The topological polar surface area (TPSA) is 52.7 Å². The number of nitrogens with zero attached hydrogens (tertiary/aromatic N) is 2. The Morgan fingerprint density at radius 3 is 2.60 bits per heavy atom. The van der Waals surface area contributed by atoms with E-state index in [9.17, 15) is 9.59 Å². The lowest BCUT2D eigenvalue weighted by atomic mass is 9.77. The number of piperidine rings is 1. The quantitative estimate of drug-likeness (QED) is 0.829. The van der Waals surface area contributed by atoms with Gasteiger partial charge in [0.25, 0.3) is 0 Å². The van der Waals surface area contributed by atoms with Crippen molar-refractivity contribution in [3.8, 4) is 0 Å². The van der Waals surface area contributed by atoms with Crippen LogP contribution in [0.2, 0.25) is 0 Å². The van der Waals surface area contributed by atoms with Gasteiger partial charge in [-0.25, -0.2) is 0 Å². The molecule has 25 heavy (non-hydrogen) atoms. The molecule has 140 valence electrons. The molecule has 5 heteroatoms. The maximum Gasteiger partial charge on any atom is 0.234 e.